The molecule has 0 aliphatic rings. The fraction of sp³-hybridized carbons (Fsp3) is 0.182. The minimum absolute atomic E-state index is 0.706. The van der Waals surface area contributed by atoms with Crippen molar-refractivity contribution in [3.8, 4) is 0 Å². The second-order valence-electron chi connectivity index (χ2n) is 3.66. The number of hydrogen-bond donors (Lipinski definition) is 1. The summed E-state index contributed by atoms with van der Waals surface area (Å²) in [7, 11) is 0. The first-order valence-electron chi connectivity index (χ1n) is 5.29. The summed E-state index contributed by atoms with van der Waals surface area (Å²) in [6.45, 7) is 2.60. The number of hydrogen-bond acceptors (Lipinski definition) is 5. The molecule has 1 N–H and O–H groups in total. The lowest BCUT2D eigenvalue weighted by atomic mass is 10.3. The Balaban J connectivity index is 1.77. The first-order valence-corrected chi connectivity index (χ1v) is 6.11. The van der Waals surface area contributed by atoms with E-state index in [0.29, 0.717) is 6.54 Å². The summed E-state index contributed by atoms with van der Waals surface area (Å²) in [6, 6.07) is 10.1. The molecule has 0 amide bonds. The van der Waals surface area contributed by atoms with Crippen molar-refractivity contribution in [1.29, 1.82) is 0 Å². The third kappa shape index (κ3) is 1.99. The highest BCUT2D eigenvalue weighted by Crippen LogP contribution is 2.15. The monoisotopic (exact) mass is 245 g/mol. The highest BCUT2D eigenvalue weighted by molar-refractivity contribution is 7.16. The van der Waals surface area contributed by atoms with Crippen LogP contribution in [-0.2, 0) is 6.54 Å². The predicted octanol–water partition coefficient (Wildman–Crippen LogP) is 2.11. The van der Waals surface area contributed by atoms with Crippen molar-refractivity contribution in [3.63, 3.8) is 0 Å². The van der Waals surface area contributed by atoms with Gasteiger partial charge in [0.05, 0.1) is 6.54 Å². The normalized spacial score (nSPS) is 10.9. The van der Waals surface area contributed by atoms with E-state index in [0.717, 1.165) is 21.5 Å². The zero-order valence-corrected chi connectivity index (χ0v) is 10.1. The van der Waals surface area contributed by atoms with E-state index in [1.807, 2.05) is 37.3 Å². The van der Waals surface area contributed by atoms with Gasteiger partial charge in [0.2, 0.25) is 4.96 Å². The Morgan fingerprint density at radius 3 is 2.82 bits per heavy atom. The van der Waals surface area contributed by atoms with Crippen LogP contribution in [0.3, 0.4) is 0 Å². The number of nitrogens with one attached hydrogen (secondary N) is 1. The fourth-order valence-electron chi connectivity index (χ4n) is 1.56. The van der Waals surface area contributed by atoms with E-state index >= 15 is 0 Å². The molecule has 0 unspecified atom stereocenters. The van der Waals surface area contributed by atoms with Gasteiger partial charge in [-0.05, 0) is 19.1 Å². The number of rotatable bonds is 3. The molecule has 0 aliphatic carbocycles. The molecule has 17 heavy (non-hydrogen) atoms. The van der Waals surface area contributed by atoms with E-state index in [1.165, 1.54) is 0 Å². The van der Waals surface area contributed by atoms with Gasteiger partial charge in [-0.15, -0.1) is 10.2 Å². The van der Waals surface area contributed by atoms with Crippen molar-refractivity contribution < 1.29 is 0 Å². The molecule has 0 saturated heterocycles. The van der Waals surface area contributed by atoms with Gasteiger partial charge >= 0.3 is 0 Å². The lowest BCUT2D eigenvalue weighted by Gasteiger charge is -2.02. The minimum Gasteiger partial charge on any atom is -0.378 e. The van der Waals surface area contributed by atoms with Crippen LogP contribution in [0.25, 0.3) is 4.96 Å². The zero-order chi connectivity index (χ0) is 11.7. The standard InChI is InChI=1S/C11H11N5S/c1-8-13-14-11-16(8)15-10(17-11)7-12-9-5-3-2-4-6-9/h2-6,12H,7H2,1H3. The highest BCUT2D eigenvalue weighted by atomic mass is 32.1. The number of anilines is 1. The van der Waals surface area contributed by atoms with Crippen molar-refractivity contribution in [3.05, 3.63) is 41.2 Å². The molecular formula is C11H11N5S. The molecule has 0 saturated carbocycles. The summed E-state index contributed by atoms with van der Waals surface area (Å²) >= 11 is 1.55. The van der Waals surface area contributed by atoms with Gasteiger partial charge in [-0.25, -0.2) is 0 Å². The molecule has 1 aromatic carbocycles. The molecule has 2 heterocycles. The van der Waals surface area contributed by atoms with Gasteiger partial charge in [0, 0.05) is 5.69 Å². The quantitative estimate of drug-likeness (QED) is 0.767. The summed E-state index contributed by atoms with van der Waals surface area (Å²) in [5.74, 6) is 0.821. The Hall–Kier alpha value is -1.95. The SMILES string of the molecule is Cc1nnc2sc(CNc3ccccc3)nn12. The largest absolute Gasteiger partial charge is 0.378 e. The molecule has 0 spiro atoms. The molecule has 0 atom stereocenters. The maximum Gasteiger partial charge on any atom is 0.234 e. The summed E-state index contributed by atoms with van der Waals surface area (Å²) < 4.78 is 1.77. The number of nitrogens with zero attached hydrogens (tertiary/aromatic N) is 4. The Bertz CT molecular complexity index is 628. The van der Waals surface area contributed by atoms with Crippen molar-refractivity contribution in [1.82, 2.24) is 19.8 Å². The van der Waals surface area contributed by atoms with Crippen LogP contribution < -0.4 is 5.32 Å². The van der Waals surface area contributed by atoms with Gasteiger partial charge < -0.3 is 5.32 Å². The Morgan fingerprint density at radius 1 is 1.24 bits per heavy atom. The molecule has 6 heteroatoms. The van der Waals surface area contributed by atoms with Crippen molar-refractivity contribution >= 4 is 22.0 Å². The second kappa shape index (κ2) is 4.14. The van der Waals surface area contributed by atoms with Crippen LogP contribution in [0.4, 0.5) is 5.69 Å². The van der Waals surface area contributed by atoms with Gasteiger partial charge in [-0.1, -0.05) is 29.5 Å². The van der Waals surface area contributed by atoms with Gasteiger partial charge in [-0.2, -0.15) is 9.61 Å². The number of aromatic nitrogens is 4. The summed E-state index contributed by atoms with van der Waals surface area (Å²) in [6.07, 6.45) is 0. The van der Waals surface area contributed by atoms with E-state index in [9.17, 15) is 0 Å². The van der Waals surface area contributed by atoms with Crippen LogP contribution in [0, 0.1) is 6.92 Å². The van der Waals surface area contributed by atoms with Gasteiger partial charge in [0.1, 0.15) is 5.01 Å². The molecular weight excluding hydrogens is 234 g/mol. The smallest absolute Gasteiger partial charge is 0.234 e. The van der Waals surface area contributed by atoms with Crippen molar-refractivity contribution in [2.24, 2.45) is 0 Å². The average molecular weight is 245 g/mol. The molecule has 0 radical (unpaired) electrons. The molecule has 86 valence electrons. The maximum atomic E-state index is 4.44. The highest BCUT2D eigenvalue weighted by Gasteiger charge is 2.07. The molecule has 0 aliphatic heterocycles. The Morgan fingerprint density at radius 2 is 2.06 bits per heavy atom. The molecule has 3 rings (SSSR count). The first-order chi connectivity index (χ1) is 8.33. The third-order valence-electron chi connectivity index (χ3n) is 2.41. The number of para-hydroxylation sites is 1. The Labute approximate surface area is 102 Å². The molecule has 2 aromatic heterocycles. The maximum absolute atomic E-state index is 4.44. The topological polar surface area (TPSA) is 55.1 Å². The van der Waals surface area contributed by atoms with Gasteiger partial charge in [-0.3, -0.25) is 0 Å². The van der Waals surface area contributed by atoms with Gasteiger partial charge in [0.15, 0.2) is 5.82 Å². The van der Waals surface area contributed by atoms with Crippen LogP contribution in [0.2, 0.25) is 0 Å². The van der Waals surface area contributed by atoms with Crippen LogP contribution in [0.5, 0.6) is 0 Å². The molecule has 5 nitrogen and oxygen atoms in total. The lowest BCUT2D eigenvalue weighted by molar-refractivity contribution is 0.860. The Kier molecular flexibility index (Phi) is 2.49. The molecule has 3 aromatic rings. The number of fused-ring (bicyclic) bond motifs is 1. The van der Waals surface area contributed by atoms with Crippen LogP contribution in [0.1, 0.15) is 10.8 Å². The summed E-state index contributed by atoms with van der Waals surface area (Å²) in [5, 5.41) is 16.7. The first kappa shape index (κ1) is 10.2. The van der Waals surface area contributed by atoms with Crippen molar-refractivity contribution in [2.75, 3.05) is 5.32 Å². The van der Waals surface area contributed by atoms with E-state index < -0.39 is 0 Å². The van der Waals surface area contributed by atoms with Crippen molar-refractivity contribution in [2.45, 2.75) is 13.5 Å². The van der Waals surface area contributed by atoms with E-state index in [4.69, 9.17) is 0 Å². The zero-order valence-electron chi connectivity index (χ0n) is 9.29. The van der Waals surface area contributed by atoms with E-state index in [2.05, 4.69) is 20.6 Å². The fourth-order valence-corrected chi connectivity index (χ4v) is 2.38. The second-order valence-corrected chi connectivity index (χ2v) is 4.70. The number of aryl methyl sites for hydroxylation is 1. The minimum atomic E-state index is 0.706. The predicted molar refractivity (Wildman–Crippen MR) is 67.2 cm³/mol. The average Bonchev–Trinajstić information content (AvgIpc) is 2.91. The van der Waals surface area contributed by atoms with E-state index in [-0.39, 0.29) is 0 Å². The van der Waals surface area contributed by atoms with Crippen LogP contribution >= 0.6 is 11.3 Å². The number of benzene rings is 1. The van der Waals surface area contributed by atoms with Gasteiger partial charge in [0.25, 0.3) is 0 Å². The third-order valence-corrected chi connectivity index (χ3v) is 3.30. The summed E-state index contributed by atoms with van der Waals surface area (Å²) in [4.78, 5) is 0.840. The lowest BCUT2D eigenvalue weighted by Crippen LogP contribution is -2.00. The molecule has 0 bridgehead atoms. The van der Waals surface area contributed by atoms with Crippen LogP contribution in [0.15, 0.2) is 30.3 Å². The van der Waals surface area contributed by atoms with Crippen LogP contribution in [-0.4, -0.2) is 19.8 Å². The van der Waals surface area contributed by atoms with E-state index in [1.54, 1.807) is 15.9 Å². The summed E-state index contributed by atoms with van der Waals surface area (Å²) in [5.41, 5.74) is 1.09. The molecule has 0 fully saturated rings.